The molecular weight excluding hydrogens is 296 g/mol. The number of pyridine rings is 1. The molecule has 0 saturated heterocycles. The highest BCUT2D eigenvalue weighted by molar-refractivity contribution is 5.60. The molecule has 0 aliphatic heterocycles. The van der Waals surface area contributed by atoms with E-state index in [2.05, 4.69) is 25.1 Å². The lowest BCUT2D eigenvalue weighted by molar-refractivity contribution is 0.432. The Morgan fingerprint density at radius 1 is 1.30 bits per heavy atom. The fourth-order valence-electron chi connectivity index (χ4n) is 2.37. The molecule has 0 bridgehead atoms. The zero-order chi connectivity index (χ0) is 15.8. The SMILES string of the molecule is CCc1cc(-c2nc(-c3cnc4cnccn34)no2)cc(=O)[nH]1. The summed E-state index contributed by atoms with van der Waals surface area (Å²) in [6.07, 6.45) is 7.44. The predicted molar refractivity (Wildman–Crippen MR) is 81.7 cm³/mol. The van der Waals surface area contributed by atoms with Crippen molar-refractivity contribution in [2.75, 3.05) is 0 Å². The molecule has 0 spiro atoms. The van der Waals surface area contributed by atoms with Crippen LogP contribution in [0.2, 0.25) is 0 Å². The standard InChI is InChI=1S/C15H12N6O2/c1-2-10-5-9(6-13(22)18-10)15-19-14(20-23-15)11-7-17-12-8-16-3-4-21(11)12/h3-8H,2H2,1H3,(H,18,22). The number of hydrogen-bond acceptors (Lipinski definition) is 6. The number of hydrogen-bond donors (Lipinski definition) is 1. The molecule has 0 fully saturated rings. The Morgan fingerprint density at radius 2 is 2.22 bits per heavy atom. The average molecular weight is 308 g/mol. The van der Waals surface area contributed by atoms with Crippen LogP contribution in [0.3, 0.4) is 0 Å². The van der Waals surface area contributed by atoms with Crippen LogP contribution in [0.1, 0.15) is 12.6 Å². The Kier molecular flexibility index (Phi) is 3.00. The number of fused-ring (bicyclic) bond motifs is 1. The topological polar surface area (TPSA) is 102 Å². The van der Waals surface area contributed by atoms with E-state index in [-0.39, 0.29) is 5.56 Å². The van der Waals surface area contributed by atoms with Gasteiger partial charge in [0.1, 0.15) is 5.69 Å². The summed E-state index contributed by atoms with van der Waals surface area (Å²) in [4.78, 5) is 27.1. The smallest absolute Gasteiger partial charge is 0.258 e. The van der Waals surface area contributed by atoms with E-state index in [9.17, 15) is 4.79 Å². The van der Waals surface area contributed by atoms with Crippen LogP contribution in [0.5, 0.6) is 0 Å². The van der Waals surface area contributed by atoms with Crippen molar-refractivity contribution in [3.63, 3.8) is 0 Å². The first kappa shape index (κ1) is 13.4. The van der Waals surface area contributed by atoms with Gasteiger partial charge in [0, 0.05) is 29.7 Å². The van der Waals surface area contributed by atoms with Crippen molar-refractivity contribution in [3.8, 4) is 23.0 Å². The minimum absolute atomic E-state index is 0.194. The molecule has 4 aromatic rings. The first-order valence-electron chi connectivity index (χ1n) is 7.09. The van der Waals surface area contributed by atoms with E-state index in [1.165, 1.54) is 6.07 Å². The molecule has 8 heteroatoms. The van der Waals surface area contributed by atoms with E-state index in [0.29, 0.717) is 35.0 Å². The van der Waals surface area contributed by atoms with E-state index < -0.39 is 0 Å². The second-order valence-corrected chi connectivity index (χ2v) is 4.98. The second-order valence-electron chi connectivity index (χ2n) is 4.98. The van der Waals surface area contributed by atoms with E-state index in [1.54, 1.807) is 24.8 Å². The summed E-state index contributed by atoms with van der Waals surface area (Å²) in [5.74, 6) is 0.696. The summed E-state index contributed by atoms with van der Waals surface area (Å²) in [6.45, 7) is 1.96. The van der Waals surface area contributed by atoms with Crippen molar-refractivity contribution in [3.05, 3.63) is 53.0 Å². The van der Waals surface area contributed by atoms with Gasteiger partial charge in [0.05, 0.1) is 12.4 Å². The lowest BCUT2D eigenvalue weighted by atomic mass is 10.2. The van der Waals surface area contributed by atoms with Gasteiger partial charge in [0.25, 0.3) is 5.89 Å². The molecule has 0 amide bonds. The number of aromatic nitrogens is 6. The van der Waals surface area contributed by atoms with E-state index in [1.807, 2.05) is 17.4 Å². The molecule has 1 N–H and O–H groups in total. The van der Waals surface area contributed by atoms with Crippen molar-refractivity contribution in [1.29, 1.82) is 0 Å². The van der Waals surface area contributed by atoms with Gasteiger partial charge in [-0.3, -0.25) is 14.2 Å². The van der Waals surface area contributed by atoms with Crippen LogP contribution in [-0.2, 0) is 6.42 Å². The molecule has 0 aliphatic carbocycles. The zero-order valence-electron chi connectivity index (χ0n) is 12.2. The summed E-state index contributed by atoms with van der Waals surface area (Å²) in [5, 5.41) is 3.99. The molecule has 0 atom stereocenters. The number of aromatic amines is 1. The first-order chi connectivity index (χ1) is 11.2. The molecule has 4 aromatic heterocycles. The van der Waals surface area contributed by atoms with Crippen LogP contribution in [0.15, 0.2) is 46.2 Å². The third kappa shape index (κ3) is 2.30. The maximum atomic E-state index is 11.7. The monoisotopic (exact) mass is 308 g/mol. The van der Waals surface area contributed by atoms with Crippen molar-refractivity contribution >= 4 is 5.65 Å². The molecule has 0 saturated carbocycles. The maximum absolute atomic E-state index is 11.7. The first-order valence-corrected chi connectivity index (χ1v) is 7.09. The average Bonchev–Trinajstić information content (AvgIpc) is 3.20. The Hall–Kier alpha value is -3.29. The second kappa shape index (κ2) is 5.16. The Balaban J connectivity index is 1.80. The summed E-state index contributed by atoms with van der Waals surface area (Å²) in [6, 6.07) is 3.27. The Bertz CT molecular complexity index is 1050. The van der Waals surface area contributed by atoms with E-state index in [4.69, 9.17) is 4.52 Å². The summed E-state index contributed by atoms with van der Waals surface area (Å²) in [7, 11) is 0. The predicted octanol–water partition coefficient (Wildman–Crippen LogP) is 1.70. The molecule has 8 nitrogen and oxygen atoms in total. The minimum Gasteiger partial charge on any atom is -0.334 e. The van der Waals surface area contributed by atoms with Gasteiger partial charge in [-0.2, -0.15) is 4.98 Å². The highest BCUT2D eigenvalue weighted by Crippen LogP contribution is 2.22. The quantitative estimate of drug-likeness (QED) is 0.618. The van der Waals surface area contributed by atoms with Crippen LogP contribution in [0, 0.1) is 0 Å². The molecule has 0 unspecified atom stereocenters. The number of nitrogens with zero attached hydrogens (tertiary/aromatic N) is 5. The van der Waals surface area contributed by atoms with Crippen LogP contribution in [-0.4, -0.2) is 29.5 Å². The van der Waals surface area contributed by atoms with Crippen LogP contribution in [0.4, 0.5) is 0 Å². The maximum Gasteiger partial charge on any atom is 0.258 e. The third-order valence-corrected chi connectivity index (χ3v) is 3.50. The van der Waals surface area contributed by atoms with Gasteiger partial charge < -0.3 is 9.51 Å². The molecule has 4 rings (SSSR count). The highest BCUT2D eigenvalue weighted by atomic mass is 16.5. The number of imidazole rings is 1. The van der Waals surface area contributed by atoms with Gasteiger partial charge in [0.2, 0.25) is 11.4 Å². The van der Waals surface area contributed by atoms with Crippen LogP contribution in [0.25, 0.3) is 28.6 Å². The number of H-pyrrole nitrogens is 1. The van der Waals surface area contributed by atoms with Gasteiger partial charge in [-0.25, -0.2) is 4.98 Å². The molecule has 4 heterocycles. The fourth-order valence-corrected chi connectivity index (χ4v) is 2.37. The Labute approximate surface area is 129 Å². The van der Waals surface area contributed by atoms with Crippen molar-refractivity contribution in [1.82, 2.24) is 29.5 Å². The van der Waals surface area contributed by atoms with Crippen molar-refractivity contribution < 1.29 is 4.52 Å². The van der Waals surface area contributed by atoms with Gasteiger partial charge in [-0.15, -0.1) is 0 Å². The van der Waals surface area contributed by atoms with Gasteiger partial charge in [-0.1, -0.05) is 12.1 Å². The molecular formula is C15H12N6O2. The molecule has 0 aliphatic rings. The van der Waals surface area contributed by atoms with Gasteiger partial charge in [-0.05, 0) is 12.5 Å². The summed E-state index contributed by atoms with van der Waals surface area (Å²) < 4.78 is 7.12. The lowest BCUT2D eigenvalue weighted by Gasteiger charge is -1.98. The normalized spacial score (nSPS) is 11.2. The number of nitrogens with one attached hydrogen (secondary N) is 1. The van der Waals surface area contributed by atoms with Crippen molar-refractivity contribution in [2.45, 2.75) is 13.3 Å². The molecule has 0 aromatic carbocycles. The lowest BCUT2D eigenvalue weighted by Crippen LogP contribution is -2.07. The third-order valence-electron chi connectivity index (χ3n) is 3.50. The Morgan fingerprint density at radius 3 is 3.09 bits per heavy atom. The van der Waals surface area contributed by atoms with Crippen molar-refractivity contribution in [2.24, 2.45) is 0 Å². The largest absolute Gasteiger partial charge is 0.334 e. The fraction of sp³-hybridized carbons (Fsp3) is 0.133. The van der Waals surface area contributed by atoms with E-state index in [0.717, 1.165) is 5.69 Å². The minimum atomic E-state index is -0.194. The zero-order valence-corrected chi connectivity index (χ0v) is 12.2. The molecule has 114 valence electrons. The van der Waals surface area contributed by atoms with Crippen LogP contribution >= 0.6 is 0 Å². The van der Waals surface area contributed by atoms with Crippen LogP contribution < -0.4 is 5.56 Å². The van der Waals surface area contributed by atoms with Gasteiger partial charge in [0.15, 0.2) is 5.65 Å². The molecule has 23 heavy (non-hydrogen) atoms. The molecule has 0 radical (unpaired) electrons. The van der Waals surface area contributed by atoms with Gasteiger partial charge >= 0.3 is 0 Å². The summed E-state index contributed by atoms with van der Waals surface area (Å²) in [5.41, 5.74) is 2.60. The highest BCUT2D eigenvalue weighted by Gasteiger charge is 2.15. The number of rotatable bonds is 3. The number of aryl methyl sites for hydroxylation is 1. The summed E-state index contributed by atoms with van der Waals surface area (Å²) >= 11 is 0. The van der Waals surface area contributed by atoms with E-state index >= 15 is 0 Å².